The summed E-state index contributed by atoms with van der Waals surface area (Å²) in [4.78, 5) is 0. The van der Waals surface area contributed by atoms with Crippen molar-refractivity contribution in [1.29, 1.82) is 21.0 Å². The topological polar surface area (TPSA) is 99.6 Å². The first kappa shape index (κ1) is 20.5. The van der Waals surface area contributed by atoms with Crippen LogP contribution >= 0.6 is 0 Å². The molecule has 0 aliphatic carbocycles. The molecule has 7 rings (SSSR count). The summed E-state index contributed by atoms with van der Waals surface area (Å²) >= 11 is 0. The summed E-state index contributed by atoms with van der Waals surface area (Å²) in [6.45, 7) is 0. The van der Waals surface area contributed by atoms with Gasteiger partial charge in [-0.15, -0.1) is 0 Å². The lowest BCUT2D eigenvalue weighted by Crippen LogP contribution is -1.99. The predicted molar refractivity (Wildman–Crippen MR) is 144 cm³/mol. The smallest absolute Gasteiger partial charge is 0.102 e. The van der Waals surface area contributed by atoms with Crippen molar-refractivity contribution in [2.45, 2.75) is 0 Å². The molecule has 0 aliphatic heterocycles. The average Bonchev–Trinajstić information content (AvgIpc) is 3.34. The molecular formula is C32H13N5. The van der Waals surface area contributed by atoms with Crippen molar-refractivity contribution in [2.75, 3.05) is 0 Å². The molecule has 0 fully saturated rings. The quantitative estimate of drug-likeness (QED) is 0.174. The lowest BCUT2D eigenvalue weighted by Gasteiger charge is -2.15. The number of rotatable bonds is 0. The van der Waals surface area contributed by atoms with Crippen LogP contribution in [0.4, 0.5) is 0 Å². The van der Waals surface area contributed by atoms with Gasteiger partial charge >= 0.3 is 0 Å². The molecule has 0 saturated carbocycles. The fourth-order valence-corrected chi connectivity index (χ4v) is 5.75. The van der Waals surface area contributed by atoms with Gasteiger partial charge in [-0.1, -0.05) is 54.6 Å². The van der Waals surface area contributed by atoms with Gasteiger partial charge in [-0.3, -0.25) is 0 Å². The SMILES string of the molecule is N#Cc1c(C#N)c(C#N)c2cc3c(cc2c1C#N)c1ccc2ccccc2c1c1cc2ccccc2n31. The van der Waals surface area contributed by atoms with Crippen molar-refractivity contribution < 1.29 is 0 Å². The van der Waals surface area contributed by atoms with Crippen LogP contribution in [0.25, 0.3) is 59.6 Å². The molecule has 7 aromatic rings. The van der Waals surface area contributed by atoms with Gasteiger partial charge in [0.15, 0.2) is 0 Å². The summed E-state index contributed by atoms with van der Waals surface area (Å²) in [6, 6.07) is 34.8. The second-order valence-corrected chi connectivity index (χ2v) is 9.00. The van der Waals surface area contributed by atoms with E-state index in [1.165, 1.54) is 0 Å². The monoisotopic (exact) mass is 467 g/mol. The Bertz CT molecular complexity index is 2350. The number of benzene rings is 5. The molecule has 0 radical (unpaired) electrons. The van der Waals surface area contributed by atoms with Crippen LogP contribution in [0.1, 0.15) is 22.3 Å². The lowest BCUT2D eigenvalue weighted by atomic mass is 9.89. The van der Waals surface area contributed by atoms with Gasteiger partial charge in [-0.2, -0.15) is 21.0 Å². The van der Waals surface area contributed by atoms with Crippen molar-refractivity contribution in [3.8, 4) is 24.3 Å². The second kappa shape index (κ2) is 7.31. The third kappa shape index (κ3) is 2.53. The van der Waals surface area contributed by atoms with Gasteiger partial charge in [0.25, 0.3) is 0 Å². The first-order valence-electron chi connectivity index (χ1n) is 11.6. The minimum atomic E-state index is -0.0613. The normalized spacial score (nSPS) is 11.1. The molecule has 0 bridgehead atoms. The van der Waals surface area contributed by atoms with E-state index in [2.05, 4.69) is 59.0 Å². The first-order valence-corrected chi connectivity index (χ1v) is 11.6. The number of aromatic nitrogens is 1. The van der Waals surface area contributed by atoms with Gasteiger partial charge in [-0.05, 0) is 40.4 Å². The van der Waals surface area contributed by atoms with Crippen molar-refractivity contribution >= 4 is 59.6 Å². The summed E-state index contributed by atoms with van der Waals surface area (Å²) in [5.74, 6) is 0. The second-order valence-electron chi connectivity index (χ2n) is 9.00. The molecule has 0 amide bonds. The van der Waals surface area contributed by atoms with Crippen LogP contribution in [0.15, 0.2) is 78.9 Å². The van der Waals surface area contributed by atoms with E-state index in [-0.39, 0.29) is 22.3 Å². The van der Waals surface area contributed by atoms with E-state index >= 15 is 0 Å². The van der Waals surface area contributed by atoms with Crippen LogP contribution in [0.5, 0.6) is 0 Å². The number of pyridine rings is 1. The maximum Gasteiger partial charge on any atom is 0.102 e. The van der Waals surface area contributed by atoms with Gasteiger partial charge in [0.1, 0.15) is 24.3 Å². The Morgan fingerprint density at radius 3 is 1.76 bits per heavy atom. The summed E-state index contributed by atoms with van der Waals surface area (Å²) in [7, 11) is 0. The van der Waals surface area contributed by atoms with Crippen LogP contribution in [0.3, 0.4) is 0 Å². The fourth-order valence-electron chi connectivity index (χ4n) is 5.75. The molecule has 0 saturated heterocycles. The van der Waals surface area contributed by atoms with Crippen molar-refractivity contribution in [1.82, 2.24) is 4.40 Å². The summed E-state index contributed by atoms with van der Waals surface area (Å²) in [6.07, 6.45) is 0. The minimum Gasteiger partial charge on any atom is -0.309 e. The highest BCUT2D eigenvalue weighted by atomic mass is 14.9. The third-order valence-electron chi connectivity index (χ3n) is 7.30. The molecule has 0 unspecified atom stereocenters. The van der Waals surface area contributed by atoms with Gasteiger partial charge in [0.2, 0.25) is 0 Å². The highest BCUT2D eigenvalue weighted by Gasteiger charge is 2.22. The largest absolute Gasteiger partial charge is 0.309 e. The predicted octanol–water partition coefficient (Wildman–Crippen LogP) is 7.19. The maximum atomic E-state index is 10.0. The number of fused-ring (bicyclic) bond motifs is 11. The summed E-state index contributed by atoms with van der Waals surface area (Å²) < 4.78 is 2.19. The number of nitriles is 4. The maximum absolute atomic E-state index is 10.0. The van der Waals surface area contributed by atoms with Crippen molar-refractivity contribution in [2.24, 2.45) is 0 Å². The van der Waals surface area contributed by atoms with Crippen LogP contribution in [-0.4, -0.2) is 4.40 Å². The standard InChI is InChI=1S/C32H13N5/c33-14-25-22-12-24-21-10-9-18-5-1-3-7-20(18)32(21)31-11-19-6-2-4-8-29(19)37(31)30(24)13-23(22)26(15-34)28(17-36)27(25)16-35/h1-13H. The molecule has 2 heterocycles. The van der Waals surface area contributed by atoms with Crippen molar-refractivity contribution in [3.05, 3.63) is 101 Å². The van der Waals surface area contributed by atoms with Crippen molar-refractivity contribution in [3.63, 3.8) is 0 Å². The van der Waals surface area contributed by atoms with Gasteiger partial charge in [0, 0.05) is 26.9 Å². The number of nitrogens with zero attached hydrogens (tertiary/aromatic N) is 5. The Kier molecular flexibility index (Phi) is 4.05. The van der Waals surface area contributed by atoms with Gasteiger partial charge in [-0.25, -0.2) is 0 Å². The molecule has 0 atom stereocenters. The molecule has 0 spiro atoms. The Hall–Kier alpha value is -5.88. The van der Waals surface area contributed by atoms with Gasteiger partial charge < -0.3 is 4.40 Å². The average molecular weight is 467 g/mol. The molecule has 0 aliphatic rings. The lowest BCUT2D eigenvalue weighted by molar-refractivity contribution is 1.35. The van der Waals surface area contributed by atoms with E-state index in [0.717, 1.165) is 48.9 Å². The minimum absolute atomic E-state index is 0.0596. The molecule has 5 nitrogen and oxygen atoms in total. The van der Waals surface area contributed by atoms with E-state index in [4.69, 9.17) is 0 Å². The molecule has 166 valence electrons. The summed E-state index contributed by atoms with van der Waals surface area (Å²) in [5, 5.41) is 47.0. The van der Waals surface area contributed by atoms with Gasteiger partial charge in [0.05, 0.1) is 38.8 Å². The fraction of sp³-hybridized carbons (Fsp3) is 0. The Morgan fingerprint density at radius 2 is 1.05 bits per heavy atom. The number of para-hydroxylation sites is 1. The van der Waals surface area contributed by atoms with E-state index in [1.54, 1.807) is 0 Å². The zero-order valence-corrected chi connectivity index (χ0v) is 19.2. The zero-order chi connectivity index (χ0) is 25.3. The zero-order valence-electron chi connectivity index (χ0n) is 19.2. The third-order valence-corrected chi connectivity index (χ3v) is 7.30. The highest BCUT2D eigenvalue weighted by Crippen LogP contribution is 2.41. The van der Waals surface area contributed by atoms with E-state index in [0.29, 0.717) is 10.8 Å². The first-order chi connectivity index (χ1) is 18.2. The molecule has 2 aromatic heterocycles. The Balaban J connectivity index is 1.87. The molecule has 5 aromatic carbocycles. The van der Waals surface area contributed by atoms with E-state index in [9.17, 15) is 21.0 Å². The molecule has 37 heavy (non-hydrogen) atoms. The van der Waals surface area contributed by atoms with Crippen LogP contribution in [0.2, 0.25) is 0 Å². The number of hydrogen-bond acceptors (Lipinski definition) is 4. The molecular weight excluding hydrogens is 454 g/mol. The summed E-state index contributed by atoms with van der Waals surface area (Å²) in [5.41, 5.74) is 3.02. The van der Waals surface area contributed by atoms with Crippen LogP contribution in [-0.2, 0) is 0 Å². The van der Waals surface area contributed by atoms with Crippen LogP contribution < -0.4 is 0 Å². The Morgan fingerprint density at radius 1 is 0.432 bits per heavy atom. The number of hydrogen-bond donors (Lipinski definition) is 0. The molecule has 5 heteroatoms. The van der Waals surface area contributed by atoms with E-state index in [1.807, 2.05) is 48.5 Å². The molecule has 0 N–H and O–H groups in total. The van der Waals surface area contributed by atoms with E-state index < -0.39 is 0 Å². The van der Waals surface area contributed by atoms with Crippen LogP contribution in [0, 0.1) is 45.3 Å². The Labute approximate surface area is 210 Å². The highest BCUT2D eigenvalue weighted by molar-refractivity contribution is 6.26.